The van der Waals surface area contributed by atoms with Crippen molar-refractivity contribution in [3.8, 4) is 6.07 Å². The molecule has 0 amide bonds. The van der Waals surface area contributed by atoms with Crippen LogP contribution in [0.3, 0.4) is 0 Å². The highest BCUT2D eigenvalue weighted by Gasteiger charge is 2.15. The second-order valence-electron chi connectivity index (χ2n) is 5.70. The van der Waals surface area contributed by atoms with Crippen molar-refractivity contribution in [1.82, 2.24) is 9.38 Å². The lowest BCUT2D eigenvalue weighted by Crippen LogP contribution is -2.15. The van der Waals surface area contributed by atoms with E-state index in [2.05, 4.69) is 21.4 Å². The summed E-state index contributed by atoms with van der Waals surface area (Å²) < 4.78 is 2.02. The minimum absolute atomic E-state index is 0.614. The molecule has 4 rings (SSSR count). The smallest absolute Gasteiger partial charge is 0.198 e. The molecule has 0 aliphatic carbocycles. The SMILES string of the molecule is Cc1cc(NCc2cccc[nH+]2)n2c(nc3ccccc32)c1C#N. The van der Waals surface area contributed by atoms with Crippen LogP contribution >= 0.6 is 0 Å². The molecule has 0 spiro atoms. The van der Waals surface area contributed by atoms with E-state index < -0.39 is 0 Å². The molecule has 0 bridgehead atoms. The first-order valence-electron chi connectivity index (χ1n) is 7.78. The van der Waals surface area contributed by atoms with Gasteiger partial charge in [0.15, 0.2) is 17.5 Å². The first-order chi connectivity index (χ1) is 11.8. The largest absolute Gasteiger partial charge is 0.361 e. The van der Waals surface area contributed by atoms with Gasteiger partial charge >= 0.3 is 0 Å². The molecule has 0 aliphatic heterocycles. The number of nitrogens with zero attached hydrogens (tertiary/aromatic N) is 3. The molecule has 116 valence electrons. The van der Waals surface area contributed by atoms with Gasteiger partial charge in [-0.25, -0.2) is 9.97 Å². The molecule has 0 unspecified atom stereocenters. The molecule has 24 heavy (non-hydrogen) atoms. The van der Waals surface area contributed by atoms with Crippen LogP contribution in [-0.4, -0.2) is 9.38 Å². The van der Waals surface area contributed by atoms with Crippen molar-refractivity contribution in [3.05, 3.63) is 71.5 Å². The minimum Gasteiger partial charge on any atom is -0.361 e. The monoisotopic (exact) mass is 314 g/mol. The Morgan fingerprint density at radius 1 is 1.21 bits per heavy atom. The van der Waals surface area contributed by atoms with E-state index in [-0.39, 0.29) is 0 Å². The van der Waals surface area contributed by atoms with Crippen LogP contribution in [0.5, 0.6) is 0 Å². The van der Waals surface area contributed by atoms with Crippen molar-refractivity contribution in [2.45, 2.75) is 13.5 Å². The molecule has 1 aromatic carbocycles. The highest BCUT2D eigenvalue weighted by Crippen LogP contribution is 2.26. The fraction of sp³-hybridized carbons (Fsp3) is 0.105. The fourth-order valence-corrected chi connectivity index (χ4v) is 2.95. The predicted molar refractivity (Wildman–Crippen MR) is 92.5 cm³/mol. The number of para-hydroxylation sites is 2. The van der Waals surface area contributed by atoms with Crippen molar-refractivity contribution < 1.29 is 4.98 Å². The Kier molecular flexibility index (Phi) is 3.36. The summed E-state index contributed by atoms with van der Waals surface area (Å²) in [6, 6.07) is 18.2. The molecule has 0 radical (unpaired) electrons. The van der Waals surface area contributed by atoms with Crippen LogP contribution in [0.25, 0.3) is 16.7 Å². The van der Waals surface area contributed by atoms with Crippen LogP contribution in [-0.2, 0) is 6.54 Å². The summed E-state index contributed by atoms with van der Waals surface area (Å²) in [7, 11) is 0. The Labute approximate surface area is 139 Å². The Hall–Kier alpha value is -3.39. The van der Waals surface area contributed by atoms with Crippen LogP contribution in [0.2, 0.25) is 0 Å². The predicted octanol–water partition coefficient (Wildman–Crippen LogP) is 3.09. The quantitative estimate of drug-likeness (QED) is 0.632. The summed E-state index contributed by atoms with van der Waals surface area (Å²) in [5, 5.41) is 13.0. The zero-order valence-electron chi connectivity index (χ0n) is 13.2. The van der Waals surface area contributed by atoms with Crippen molar-refractivity contribution in [1.29, 1.82) is 5.26 Å². The van der Waals surface area contributed by atoms with Crippen LogP contribution in [0, 0.1) is 18.3 Å². The van der Waals surface area contributed by atoms with Gasteiger partial charge in [0.1, 0.15) is 18.4 Å². The van der Waals surface area contributed by atoms with Gasteiger partial charge < -0.3 is 5.32 Å². The number of fused-ring (bicyclic) bond motifs is 3. The molecular weight excluding hydrogens is 298 g/mol. The molecular formula is C19H16N5+. The number of nitriles is 1. The molecule has 5 nitrogen and oxygen atoms in total. The second kappa shape index (κ2) is 5.67. The van der Waals surface area contributed by atoms with Crippen LogP contribution < -0.4 is 10.3 Å². The third kappa shape index (κ3) is 2.25. The number of imidazole rings is 1. The minimum atomic E-state index is 0.614. The molecule has 2 N–H and O–H groups in total. The molecule has 0 fully saturated rings. The number of anilines is 1. The van der Waals surface area contributed by atoms with Crippen LogP contribution in [0.15, 0.2) is 54.7 Å². The van der Waals surface area contributed by atoms with Crippen LogP contribution in [0.4, 0.5) is 5.82 Å². The summed E-state index contributed by atoms with van der Waals surface area (Å²) in [5.74, 6) is 0.924. The first kappa shape index (κ1) is 14.2. The summed E-state index contributed by atoms with van der Waals surface area (Å²) in [6.45, 7) is 2.60. The average molecular weight is 314 g/mol. The molecule has 5 heteroatoms. The number of pyridine rings is 2. The number of hydrogen-bond donors (Lipinski definition) is 1. The number of aromatic nitrogens is 3. The summed E-state index contributed by atoms with van der Waals surface area (Å²) in [5.41, 5.74) is 5.18. The summed E-state index contributed by atoms with van der Waals surface area (Å²) in [4.78, 5) is 7.87. The lowest BCUT2D eigenvalue weighted by atomic mass is 10.1. The molecule has 3 aromatic heterocycles. The fourth-order valence-electron chi connectivity index (χ4n) is 2.95. The molecule has 0 saturated carbocycles. The average Bonchev–Trinajstić information content (AvgIpc) is 3.00. The maximum Gasteiger partial charge on any atom is 0.198 e. The summed E-state index contributed by atoms with van der Waals surface area (Å²) in [6.07, 6.45) is 1.91. The van der Waals surface area contributed by atoms with Gasteiger partial charge in [-0.1, -0.05) is 18.2 Å². The maximum absolute atomic E-state index is 9.51. The molecule has 0 saturated heterocycles. The number of rotatable bonds is 3. The Morgan fingerprint density at radius 3 is 2.83 bits per heavy atom. The third-order valence-electron chi connectivity index (χ3n) is 4.12. The Morgan fingerprint density at radius 2 is 2.04 bits per heavy atom. The Bertz CT molecular complexity index is 1070. The highest BCUT2D eigenvalue weighted by molar-refractivity contribution is 5.85. The highest BCUT2D eigenvalue weighted by atomic mass is 15.1. The second-order valence-corrected chi connectivity index (χ2v) is 5.70. The first-order valence-corrected chi connectivity index (χ1v) is 7.78. The van der Waals surface area contributed by atoms with Crippen molar-refractivity contribution >= 4 is 22.5 Å². The van der Waals surface area contributed by atoms with Gasteiger partial charge in [0.25, 0.3) is 0 Å². The number of hydrogen-bond acceptors (Lipinski definition) is 3. The van der Waals surface area contributed by atoms with E-state index in [1.165, 1.54) is 0 Å². The molecule has 4 aromatic rings. The third-order valence-corrected chi connectivity index (χ3v) is 4.12. The van der Waals surface area contributed by atoms with Crippen molar-refractivity contribution in [2.24, 2.45) is 0 Å². The topological polar surface area (TPSA) is 67.3 Å². The van der Waals surface area contributed by atoms with E-state index in [1.54, 1.807) is 0 Å². The Balaban J connectivity index is 1.90. The van der Waals surface area contributed by atoms with Gasteiger partial charge in [0.05, 0.1) is 16.6 Å². The standard InChI is InChI=1S/C19H15N5/c1-13-10-18(22-12-14-6-4-5-9-21-14)24-17-8-3-2-7-16(17)23-19(24)15(13)11-20/h2-10,22H,12H2,1H3/p+1. The van der Waals surface area contributed by atoms with Crippen molar-refractivity contribution in [2.75, 3.05) is 5.32 Å². The number of H-pyrrole nitrogens is 1. The van der Waals surface area contributed by atoms with Gasteiger partial charge in [-0.15, -0.1) is 0 Å². The van der Waals surface area contributed by atoms with E-state index in [0.29, 0.717) is 17.8 Å². The van der Waals surface area contributed by atoms with Gasteiger partial charge in [-0.05, 0) is 30.7 Å². The van der Waals surface area contributed by atoms with E-state index in [9.17, 15) is 5.26 Å². The number of benzene rings is 1. The molecule has 0 aliphatic rings. The molecule has 0 atom stereocenters. The maximum atomic E-state index is 9.51. The summed E-state index contributed by atoms with van der Waals surface area (Å²) >= 11 is 0. The lowest BCUT2D eigenvalue weighted by Gasteiger charge is -2.11. The van der Waals surface area contributed by atoms with Crippen molar-refractivity contribution in [3.63, 3.8) is 0 Å². The van der Waals surface area contributed by atoms with Gasteiger partial charge in [-0.2, -0.15) is 5.26 Å². The lowest BCUT2D eigenvalue weighted by molar-refractivity contribution is -0.389. The van der Waals surface area contributed by atoms with E-state index in [1.807, 2.05) is 66.1 Å². The number of nitrogens with one attached hydrogen (secondary N) is 2. The van der Waals surface area contributed by atoms with Gasteiger partial charge in [0, 0.05) is 12.1 Å². The van der Waals surface area contributed by atoms with Gasteiger partial charge in [0.2, 0.25) is 0 Å². The van der Waals surface area contributed by atoms with Gasteiger partial charge in [-0.3, -0.25) is 4.40 Å². The van der Waals surface area contributed by atoms with E-state index in [4.69, 9.17) is 0 Å². The number of aryl methyl sites for hydroxylation is 1. The zero-order valence-corrected chi connectivity index (χ0v) is 13.2. The number of aromatic amines is 1. The van der Waals surface area contributed by atoms with E-state index >= 15 is 0 Å². The van der Waals surface area contributed by atoms with Crippen LogP contribution in [0.1, 0.15) is 16.8 Å². The molecule has 3 heterocycles. The zero-order chi connectivity index (χ0) is 16.5. The van der Waals surface area contributed by atoms with E-state index in [0.717, 1.165) is 28.1 Å². The normalized spacial score (nSPS) is 10.8.